The Morgan fingerprint density at radius 2 is 1.37 bits per heavy atom. The van der Waals surface area contributed by atoms with E-state index in [4.69, 9.17) is 18.8 Å². The average molecular weight is 688 g/mol. The Labute approximate surface area is 283 Å². The van der Waals surface area contributed by atoms with Crippen LogP contribution in [0, 0.1) is 0 Å². The molecule has 0 aliphatic rings. The molecular formula is C36H45N3O3S2Si2. The van der Waals surface area contributed by atoms with Crippen molar-refractivity contribution in [2.75, 3.05) is 5.32 Å². The zero-order valence-corrected chi connectivity index (χ0v) is 32.2. The van der Waals surface area contributed by atoms with Crippen LogP contribution in [0.3, 0.4) is 0 Å². The van der Waals surface area contributed by atoms with Gasteiger partial charge in [-0.2, -0.15) is 0 Å². The Morgan fingerprint density at radius 1 is 0.804 bits per heavy atom. The first-order chi connectivity index (χ1) is 21.4. The average Bonchev–Trinajstić information content (AvgIpc) is 3.56. The number of nitrogens with one attached hydrogen (secondary N) is 1. The lowest BCUT2D eigenvalue weighted by atomic mass is 10.1. The molecule has 6 nitrogen and oxygen atoms in total. The molecule has 0 atom stereocenters. The molecule has 0 spiro atoms. The van der Waals surface area contributed by atoms with Crippen LogP contribution in [0.1, 0.15) is 47.1 Å². The lowest BCUT2D eigenvalue weighted by Gasteiger charge is -2.36. The molecule has 46 heavy (non-hydrogen) atoms. The molecular weight excluding hydrogens is 643 g/mol. The number of nitrogens with zero attached hydrogens (tertiary/aromatic N) is 2. The van der Waals surface area contributed by atoms with Gasteiger partial charge in [0.1, 0.15) is 17.2 Å². The van der Waals surface area contributed by atoms with Crippen molar-refractivity contribution in [3.8, 4) is 33.3 Å². The molecule has 3 aromatic heterocycles. The van der Waals surface area contributed by atoms with Gasteiger partial charge < -0.3 is 14.2 Å². The number of carbonyl (C=O) groups excluding carboxylic acids is 1. The standard InChI is InChI=1S/C36H45N3O3S2Si2/c1-35(2,3)45(7,8)41-26-15-11-24(12-16-26)21-32(40)39-34-33(31-22-30-29(44-31)19-20-43-30)38-28(23-37-34)25-13-17-27(18-14-25)42-46(9,10)36(4,5)6/h11-20,22-23H,21H2,1-10H3,(H,37,39,40). The molecule has 242 valence electrons. The van der Waals surface area contributed by atoms with Crippen molar-refractivity contribution in [2.45, 2.75) is 84.2 Å². The van der Waals surface area contributed by atoms with Crippen molar-refractivity contribution in [2.24, 2.45) is 0 Å². The highest BCUT2D eigenvalue weighted by Crippen LogP contribution is 2.40. The topological polar surface area (TPSA) is 73.3 Å². The van der Waals surface area contributed by atoms with E-state index >= 15 is 0 Å². The molecule has 10 heteroatoms. The number of amides is 1. The third-order valence-corrected chi connectivity index (χ3v) is 20.0. The SMILES string of the molecule is CC(C)(C)[Si](C)(C)Oc1ccc(CC(=O)Nc2ncc(-c3ccc(O[Si](C)(C)C(C)(C)C)cc3)nc2-c2cc3sccc3s2)cc1. The summed E-state index contributed by atoms with van der Waals surface area (Å²) in [7, 11) is -3.89. The Balaban J connectivity index is 1.37. The van der Waals surface area contributed by atoms with Crippen molar-refractivity contribution in [3.05, 3.63) is 77.8 Å². The molecule has 0 aliphatic carbocycles. The summed E-state index contributed by atoms with van der Waals surface area (Å²) in [6.45, 7) is 22.3. The minimum atomic E-state index is -1.95. The number of benzene rings is 2. The lowest BCUT2D eigenvalue weighted by molar-refractivity contribution is -0.115. The van der Waals surface area contributed by atoms with Gasteiger partial charge in [-0.25, -0.2) is 9.97 Å². The molecule has 0 unspecified atom stereocenters. The molecule has 0 aliphatic heterocycles. The van der Waals surface area contributed by atoms with Crippen molar-refractivity contribution >= 4 is 60.4 Å². The van der Waals surface area contributed by atoms with Gasteiger partial charge in [-0.05, 0) is 95.7 Å². The fourth-order valence-corrected chi connectivity index (χ4v) is 8.46. The molecule has 2 aromatic carbocycles. The summed E-state index contributed by atoms with van der Waals surface area (Å²) in [6, 6.07) is 20.2. The maximum absolute atomic E-state index is 13.3. The van der Waals surface area contributed by atoms with Crippen LogP contribution in [-0.2, 0) is 11.2 Å². The maximum atomic E-state index is 13.3. The van der Waals surface area contributed by atoms with E-state index in [9.17, 15) is 4.79 Å². The molecule has 0 saturated carbocycles. The lowest BCUT2D eigenvalue weighted by Crippen LogP contribution is -2.43. The second-order valence-electron chi connectivity index (χ2n) is 14.8. The Morgan fingerprint density at radius 3 is 1.91 bits per heavy atom. The number of carbonyl (C=O) groups is 1. The van der Waals surface area contributed by atoms with Gasteiger partial charge in [-0.1, -0.05) is 53.7 Å². The maximum Gasteiger partial charge on any atom is 0.250 e. The highest BCUT2D eigenvalue weighted by Gasteiger charge is 2.39. The normalized spacial score (nSPS) is 12.7. The van der Waals surface area contributed by atoms with Crippen LogP contribution in [0.4, 0.5) is 5.82 Å². The number of anilines is 1. The molecule has 5 rings (SSSR count). The van der Waals surface area contributed by atoms with E-state index in [1.807, 2.05) is 48.5 Å². The minimum Gasteiger partial charge on any atom is -0.544 e. The van der Waals surface area contributed by atoms with Gasteiger partial charge >= 0.3 is 0 Å². The Kier molecular flexibility index (Phi) is 9.40. The highest BCUT2D eigenvalue weighted by atomic mass is 32.1. The summed E-state index contributed by atoms with van der Waals surface area (Å²) in [5, 5.41) is 5.37. The number of fused-ring (bicyclic) bond motifs is 1. The monoisotopic (exact) mass is 687 g/mol. The van der Waals surface area contributed by atoms with E-state index in [1.54, 1.807) is 28.9 Å². The zero-order valence-electron chi connectivity index (χ0n) is 28.6. The first kappa shape index (κ1) is 34.0. The van der Waals surface area contributed by atoms with Crippen LogP contribution < -0.4 is 14.2 Å². The Bertz CT molecular complexity index is 1800. The Hall–Kier alpha value is -3.32. The van der Waals surface area contributed by atoms with Gasteiger partial charge in [0.05, 0.1) is 23.2 Å². The quantitative estimate of drug-likeness (QED) is 0.156. The summed E-state index contributed by atoms with van der Waals surface area (Å²) < 4.78 is 15.3. The second-order valence-corrected chi connectivity index (χ2v) is 26.3. The smallest absolute Gasteiger partial charge is 0.250 e. The number of rotatable bonds is 9. The molecule has 1 N–H and O–H groups in total. The third kappa shape index (κ3) is 7.62. The molecule has 0 fully saturated rings. The van der Waals surface area contributed by atoms with Gasteiger partial charge in [0, 0.05) is 15.0 Å². The molecule has 0 saturated heterocycles. The number of hydrogen-bond donors (Lipinski definition) is 1. The van der Waals surface area contributed by atoms with E-state index in [0.717, 1.165) is 33.2 Å². The number of hydrogen-bond acceptors (Lipinski definition) is 7. The summed E-state index contributed by atoms with van der Waals surface area (Å²) >= 11 is 3.35. The van der Waals surface area contributed by atoms with Gasteiger partial charge in [0.15, 0.2) is 5.82 Å². The van der Waals surface area contributed by atoms with Crippen molar-refractivity contribution in [1.29, 1.82) is 0 Å². The molecule has 3 heterocycles. The van der Waals surface area contributed by atoms with Crippen molar-refractivity contribution < 1.29 is 13.6 Å². The van der Waals surface area contributed by atoms with Crippen LogP contribution in [0.15, 0.2) is 72.2 Å². The van der Waals surface area contributed by atoms with E-state index in [1.165, 1.54) is 9.40 Å². The van der Waals surface area contributed by atoms with E-state index < -0.39 is 16.6 Å². The van der Waals surface area contributed by atoms with Gasteiger partial charge in [-0.3, -0.25) is 4.79 Å². The fourth-order valence-electron chi connectivity index (χ4n) is 4.30. The largest absolute Gasteiger partial charge is 0.544 e. The molecule has 0 bridgehead atoms. The van der Waals surface area contributed by atoms with Crippen molar-refractivity contribution in [3.63, 3.8) is 0 Å². The van der Waals surface area contributed by atoms with Crippen LogP contribution >= 0.6 is 22.7 Å². The van der Waals surface area contributed by atoms with E-state index in [-0.39, 0.29) is 22.4 Å². The van der Waals surface area contributed by atoms with Gasteiger partial charge in [0.2, 0.25) is 22.5 Å². The number of thiophene rings is 2. The van der Waals surface area contributed by atoms with Crippen LogP contribution in [0.2, 0.25) is 36.3 Å². The second kappa shape index (κ2) is 12.7. The van der Waals surface area contributed by atoms with Crippen LogP contribution in [-0.4, -0.2) is 32.5 Å². The van der Waals surface area contributed by atoms with E-state index in [0.29, 0.717) is 11.5 Å². The van der Waals surface area contributed by atoms with Gasteiger partial charge in [-0.15, -0.1) is 22.7 Å². The minimum absolute atomic E-state index is 0.111. The zero-order chi connectivity index (χ0) is 33.5. The molecule has 1 amide bonds. The van der Waals surface area contributed by atoms with Gasteiger partial charge in [0.25, 0.3) is 0 Å². The highest BCUT2D eigenvalue weighted by molar-refractivity contribution is 7.28. The first-order valence-electron chi connectivity index (χ1n) is 15.6. The van der Waals surface area contributed by atoms with Crippen LogP contribution in [0.5, 0.6) is 11.5 Å². The van der Waals surface area contributed by atoms with Crippen molar-refractivity contribution in [1.82, 2.24) is 9.97 Å². The summed E-state index contributed by atoms with van der Waals surface area (Å²) in [5.41, 5.74) is 3.25. The third-order valence-electron chi connectivity index (χ3n) is 9.20. The first-order valence-corrected chi connectivity index (χ1v) is 23.1. The summed E-state index contributed by atoms with van der Waals surface area (Å²) in [5.74, 6) is 2.02. The predicted octanol–water partition coefficient (Wildman–Crippen LogP) is 11.0. The molecule has 0 radical (unpaired) electrons. The summed E-state index contributed by atoms with van der Waals surface area (Å²) in [6.07, 6.45) is 1.95. The van der Waals surface area contributed by atoms with E-state index in [2.05, 4.69) is 90.6 Å². The predicted molar refractivity (Wildman–Crippen MR) is 201 cm³/mol. The fraction of sp³-hybridized carbons (Fsp3) is 0.361. The molecule has 5 aromatic rings. The number of aromatic nitrogens is 2. The van der Waals surface area contributed by atoms with Crippen LogP contribution in [0.25, 0.3) is 31.2 Å². The summed E-state index contributed by atoms with van der Waals surface area (Å²) in [4.78, 5) is 24.1.